The molecule has 3 aromatic rings. The lowest BCUT2D eigenvalue weighted by atomic mass is 10.1. The maximum atomic E-state index is 12.4. The molecule has 4 heteroatoms. The van der Waals surface area contributed by atoms with Crippen LogP contribution in [0.1, 0.15) is 25.6 Å². The highest BCUT2D eigenvalue weighted by molar-refractivity contribution is 7.21. The van der Waals surface area contributed by atoms with Crippen LogP contribution in [-0.2, 0) is 0 Å². The van der Waals surface area contributed by atoms with E-state index in [1.54, 1.807) is 53.0 Å². The van der Waals surface area contributed by atoms with Crippen LogP contribution in [0.3, 0.4) is 0 Å². The van der Waals surface area contributed by atoms with E-state index in [1.807, 2.05) is 23.6 Å². The Kier molecular flexibility index (Phi) is 3.13. The van der Waals surface area contributed by atoms with E-state index in [9.17, 15) is 9.59 Å². The Morgan fingerprint density at radius 2 is 1.50 bits per heavy atom. The molecule has 2 heterocycles. The molecule has 2 aromatic heterocycles. The minimum Gasteiger partial charge on any atom is -0.288 e. The standard InChI is InChI=1S/C18H10O2S2/c19-17-12-4-1-2-5-13(12)18(20)14(17)10-11-7-8-16(22-11)15-6-3-9-21-15/h1-10H. The number of thiophene rings is 2. The Labute approximate surface area is 135 Å². The van der Waals surface area contributed by atoms with Crippen molar-refractivity contribution in [2.24, 2.45) is 0 Å². The van der Waals surface area contributed by atoms with Gasteiger partial charge < -0.3 is 0 Å². The van der Waals surface area contributed by atoms with Crippen molar-refractivity contribution >= 4 is 40.3 Å². The van der Waals surface area contributed by atoms with E-state index in [1.165, 1.54) is 4.88 Å². The van der Waals surface area contributed by atoms with Gasteiger partial charge in [0, 0.05) is 25.8 Å². The Morgan fingerprint density at radius 1 is 0.773 bits per heavy atom. The van der Waals surface area contributed by atoms with Gasteiger partial charge in [-0.15, -0.1) is 22.7 Å². The summed E-state index contributed by atoms with van der Waals surface area (Å²) in [6, 6.07) is 15.0. The first-order valence-corrected chi connectivity index (χ1v) is 8.47. The molecule has 0 unspecified atom stereocenters. The van der Waals surface area contributed by atoms with Crippen molar-refractivity contribution in [3.63, 3.8) is 0 Å². The third-order valence-electron chi connectivity index (χ3n) is 3.58. The molecule has 0 fully saturated rings. The number of carbonyl (C=O) groups is 2. The van der Waals surface area contributed by atoms with Crippen LogP contribution in [0.15, 0.2) is 59.5 Å². The molecule has 22 heavy (non-hydrogen) atoms. The fourth-order valence-corrected chi connectivity index (χ4v) is 4.31. The lowest BCUT2D eigenvalue weighted by molar-refractivity contribution is 0.0990. The molecule has 0 spiro atoms. The Bertz CT molecular complexity index is 877. The summed E-state index contributed by atoms with van der Waals surface area (Å²) in [4.78, 5) is 28.0. The summed E-state index contributed by atoms with van der Waals surface area (Å²) in [6.07, 6.45) is 1.71. The van der Waals surface area contributed by atoms with Gasteiger partial charge in [-0.2, -0.15) is 0 Å². The van der Waals surface area contributed by atoms with Crippen molar-refractivity contribution in [3.05, 3.63) is 75.5 Å². The number of benzene rings is 1. The smallest absolute Gasteiger partial charge is 0.197 e. The van der Waals surface area contributed by atoms with E-state index in [0.29, 0.717) is 11.1 Å². The molecule has 1 aliphatic rings. The summed E-state index contributed by atoms with van der Waals surface area (Å²) < 4.78 is 0. The van der Waals surface area contributed by atoms with Crippen LogP contribution in [-0.4, -0.2) is 11.6 Å². The second-order valence-electron chi connectivity index (χ2n) is 4.94. The number of hydrogen-bond acceptors (Lipinski definition) is 4. The maximum absolute atomic E-state index is 12.4. The molecular formula is C18H10O2S2. The van der Waals surface area contributed by atoms with E-state index in [4.69, 9.17) is 0 Å². The van der Waals surface area contributed by atoms with E-state index >= 15 is 0 Å². The fourth-order valence-electron chi connectivity index (χ4n) is 2.53. The molecule has 0 amide bonds. The molecule has 1 aromatic carbocycles. The summed E-state index contributed by atoms with van der Waals surface area (Å²) >= 11 is 3.27. The van der Waals surface area contributed by atoms with E-state index in [2.05, 4.69) is 6.07 Å². The van der Waals surface area contributed by atoms with Crippen LogP contribution in [0, 0.1) is 0 Å². The first-order valence-electron chi connectivity index (χ1n) is 6.78. The van der Waals surface area contributed by atoms with Crippen LogP contribution in [0.2, 0.25) is 0 Å². The molecule has 106 valence electrons. The van der Waals surface area contributed by atoms with Gasteiger partial charge >= 0.3 is 0 Å². The molecule has 0 N–H and O–H groups in total. The molecule has 0 radical (unpaired) electrons. The molecule has 0 saturated carbocycles. The van der Waals surface area contributed by atoms with Crippen LogP contribution in [0.4, 0.5) is 0 Å². The van der Waals surface area contributed by atoms with Gasteiger partial charge in [0.2, 0.25) is 0 Å². The largest absolute Gasteiger partial charge is 0.288 e. The third-order valence-corrected chi connectivity index (χ3v) is 5.68. The SMILES string of the molecule is O=C1C(=Cc2ccc(-c3cccs3)s2)C(=O)c2ccccc21. The van der Waals surface area contributed by atoms with Gasteiger partial charge in [-0.25, -0.2) is 0 Å². The van der Waals surface area contributed by atoms with Crippen LogP contribution < -0.4 is 0 Å². The topological polar surface area (TPSA) is 34.1 Å². The van der Waals surface area contributed by atoms with Gasteiger partial charge in [-0.05, 0) is 29.7 Å². The van der Waals surface area contributed by atoms with Gasteiger partial charge in [0.15, 0.2) is 11.6 Å². The van der Waals surface area contributed by atoms with Crippen molar-refractivity contribution < 1.29 is 9.59 Å². The van der Waals surface area contributed by atoms with Crippen LogP contribution in [0.25, 0.3) is 15.8 Å². The molecule has 0 saturated heterocycles. The average molecular weight is 322 g/mol. The van der Waals surface area contributed by atoms with E-state index in [0.717, 1.165) is 9.75 Å². The summed E-state index contributed by atoms with van der Waals surface area (Å²) in [7, 11) is 0. The number of ketones is 2. The summed E-state index contributed by atoms with van der Waals surface area (Å²) in [5.41, 5.74) is 1.28. The minimum atomic E-state index is -0.174. The molecule has 0 aliphatic heterocycles. The molecule has 4 rings (SSSR count). The van der Waals surface area contributed by atoms with Crippen LogP contribution >= 0.6 is 22.7 Å². The number of fused-ring (bicyclic) bond motifs is 1. The van der Waals surface area contributed by atoms with Crippen molar-refractivity contribution in [2.75, 3.05) is 0 Å². The molecule has 0 atom stereocenters. The number of Topliss-reactive ketones (excluding diaryl/α,β-unsaturated/α-hetero) is 2. The number of rotatable bonds is 2. The van der Waals surface area contributed by atoms with Crippen molar-refractivity contribution in [1.82, 2.24) is 0 Å². The van der Waals surface area contributed by atoms with Crippen molar-refractivity contribution in [1.29, 1.82) is 0 Å². The number of allylic oxidation sites excluding steroid dienone is 1. The fraction of sp³-hybridized carbons (Fsp3) is 0. The van der Waals surface area contributed by atoms with Gasteiger partial charge in [-0.1, -0.05) is 30.3 Å². The molecule has 1 aliphatic carbocycles. The quantitative estimate of drug-likeness (QED) is 0.495. The van der Waals surface area contributed by atoms with E-state index in [-0.39, 0.29) is 17.1 Å². The zero-order valence-electron chi connectivity index (χ0n) is 11.4. The highest BCUT2D eigenvalue weighted by Gasteiger charge is 2.32. The van der Waals surface area contributed by atoms with Crippen molar-refractivity contribution in [2.45, 2.75) is 0 Å². The van der Waals surface area contributed by atoms with E-state index < -0.39 is 0 Å². The zero-order valence-corrected chi connectivity index (χ0v) is 13.0. The van der Waals surface area contributed by atoms with Gasteiger partial charge in [-0.3, -0.25) is 9.59 Å². The summed E-state index contributed by atoms with van der Waals surface area (Å²) in [6.45, 7) is 0. The van der Waals surface area contributed by atoms with Gasteiger partial charge in [0.25, 0.3) is 0 Å². The lowest BCUT2D eigenvalue weighted by Crippen LogP contribution is -1.99. The Hall–Kier alpha value is -2.30. The van der Waals surface area contributed by atoms with Crippen LogP contribution in [0.5, 0.6) is 0 Å². The molecule has 0 bridgehead atoms. The summed E-state index contributed by atoms with van der Waals surface area (Å²) in [5, 5.41) is 2.04. The summed E-state index contributed by atoms with van der Waals surface area (Å²) in [5.74, 6) is -0.349. The minimum absolute atomic E-state index is 0.174. The predicted octanol–water partition coefficient (Wildman–Crippen LogP) is 4.94. The highest BCUT2D eigenvalue weighted by Crippen LogP contribution is 2.34. The maximum Gasteiger partial charge on any atom is 0.197 e. The first kappa shape index (κ1) is 13.4. The van der Waals surface area contributed by atoms with Gasteiger partial charge in [0.1, 0.15) is 0 Å². The Morgan fingerprint density at radius 3 is 2.14 bits per heavy atom. The third kappa shape index (κ3) is 2.08. The predicted molar refractivity (Wildman–Crippen MR) is 90.7 cm³/mol. The van der Waals surface area contributed by atoms with Gasteiger partial charge in [0.05, 0.1) is 5.57 Å². The average Bonchev–Trinajstić information content (AvgIpc) is 3.25. The molecule has 2 nitrogen and oxygen atoms in total. The van der Waals surface area contributed by atoms with Crippen molar-refractivity contribution in [3.8, 4) is 9.75 Å². The Balaban J connectivity index is 1.73. The zero-order chi connectivity index (χ0) is 15.1. The normalized spacial score (nSPS) is 13.5. The lowest BCUT2D eigenvalue weighted by Gasteiger charge is -1.92. The second-order valence-corrected chi connectivity index (χ2v) is 7.00. The number of carbonyl (C=O) groups excluding carboxylic acids is 2. The first-order chi connectivity index (χ1) is 10.7. The molecular weight excluding hydrogens is 312 g/mol. The number of hydrogen-bond donors (Lipinski definition) is 0. The monoisotopic (exact) mass is 322 g/mol. The highest BCUT2D eigenvalue weighted by atomic mass is 32.1. The second kappa shape index (κ2) is 5.16.